The molecule has 0 spiro atoms. The van der Waals surface area contributed by atoms with Crippen LogP contribution in [-0.4, -0.2) is 20.9 Å². The lowest BCUT2D eigenvalue weighted by Crippen LogP contribution is -2.14. The molecule has 0 atom stereocenters. The summed E-state index contributed by atoms with van der Waals surface area (Å²) in [7, 11) is 0. The van der Waals surface area contributed by atoms with Crippen molar-refractivity contribution in [2.75, 3.05) is 11.1 Å². The minimum Gasteiger partial charge on any atom is -0.384 e. The molecule has 0 aliphatic carbocycles. The molecule has 0 aliphatic rings. The molecular formula is C13H10ClN5O. The van der Waals surface area contributed by atoms with Gasteiger partial charge in [-0.1, -0.05) is 23.7 Å². The van der Waals surface area contributed by atoms with Crippen LogP contribution in [0.1, 0.15) is 10.4 Å². The zero-order chi connectivity index (χ0) is 14.1. The van der Waals surface area contributed by atoms with Crippen molar-refractivity contribution >= 4 is 40.3 Å². The van der Waals surface area contributed by atoms with Gasteiger partial charge in [-0.3, -0.25) is 10.1 Å². The molecule has 0 aliphatic heterocycles. The van der Waals surface area contributed by atoms with Crippen molar-refractivity contribution in [3.05, 3.63) is 47.1 Å². The minimum absolute atomic E-state index is 0.226. The molecule has 7 heteroatoms. The second-order valence-electron chi connectivity index (χ2n) is 4.15. The molecule has 0 saturated carbocycles. The smallest absolute Gasteiger partial charge is 0.259 e. The number of nitrogens with one attached hydrogen (secondary N) is 2. The fourth-order valence-electron chi connectivity index (χ4n) is 1.82. The number of rotatable bonds is 2. The first-order valence-electron chi connectivity index (χ1n) is 5.80. The van der Waals surface area contributed by atoms with Crippen LogP contribution in [0, 0.1) is 0 Å². The predicted octanol–water partition coefficient (Wildman–Crippen LogP) is 2.45. The standard InChI is InChI=1S/C13H10ClN5O/c14-8-6-16-11(15)5-7(8)12(20)19-13-17-9-3-1-2-4-10(9)18-13/h1-6H,(H2,15,16)(H2,17,18,19,20). The van der Waals surface area contributed by atoms with Crippen LogP contribution in [-0.2, 0) is 0 Å². The van der Waals surface area contributed by atoms with E-state index in [1.807, 2.05) is 24.3 Å². The van der Waals surface area contributed by atoms with Crippen LogP contribution in [0.5, 0.6) is 0 Å². The van der Waals surface area contributed by atoms with Gasteiger partial charge in [-0.25, -0.2) is 9.97 Å². The number of anilines is 2. The van der Waals surface area contributed by atoms with E-state index in [-0.39, 0.29) is 16.4 Å². The zero-order valence-electron chi connectivity index (χ0n) is 10.2. The van der Waals surface area contributed by atoms with E-state index < -0.39 is 5.91 Å². The predicted molar refractivity (Wildman–Crippen MR) is 77.7 cm³/mol. The van der Waals surface area contributed by atoms with Crippen molar-refractivity contribution < 1.29 is 4.79 Å². The van der Waals surface area contributed by atoms with Crippen LogP contribution in [0.25, 0.3) is 11.0 Å². The van der Waals surface area contributed by atoms with Crippen molar-refractivity contribution in [1.29, 1.82) is 0 Å². The molecule has 4 N–H and O–H groups in total. The number of para-hydroxylation sites is 2. The minimum atomic E-state index is -0.400. The quantitative estimate of drug-likeness (QED) is 0.674. The van der Waals surface area contributed by atoms with Gasteiger partial charge in [0.1, 0.15) is 5.82 Å². The molecule has 2 aromatic heterocycles. The number of benzene rings is 1. The van der Waals surface area contributed by atoms with Crippen LogP contribution >= 0.6 is 11.6 Å². The molecule has 1 aromatic carbocycles. The lowest BCUT2D eigenvalue weighted by molar-refractivity contribution is 0.102. The molecule has 3 rings (SSSR count). The molecule has 3 aromatic rings. The monoisotopic (exact) mass is 287 g/mol. The molecule has 1 amide bonds. The highest BCUT2D eigenvalue weighted by Gasteiger charge is 2.13. The molecule has 0 radical (unpaired) electrons. The van der Waals surface area contributed by atoms with E-state index >= 15 is 0 Å². The van der Waals surface area contributed by atoms with Gasteiger partial charge in [0.15, 0.2) is 0 Å². The lowest BCUT2D eigenvalue weighted by Gasteiger charge is -2.04. The van der Waals surface area contributed by atoms with Gasteiger partial charge >= 0.3 is 0 Å². The first-order valence-corrected chi connectivity index (χ1v) is 6.18. The molecule has 0 fully saturated rings. The summed E-state index contributed by atoms with van der Waals surface area (Å²) in [5, 5.41) is 2.87. The van der Waals surface area contributed by atoms with E-state index in [0.29, 0.717) is 5.95 Å². The highest BCUT2D eigenvalue weighted by molar-refractivity contribution is 6.34. The first kappa shape index (κ1) is 12.4. The van der Waals surface area contributed by atoms with Crippen LogP contribution in [0.15, 0.2) is 36.5 Å². The number of nitrogen functional groups attached to an aromatic ring is 1. The van der Waals surface area contributed by atoms with E-state index in [1.165, 1.54) is 12.3 Å². The van der Waals surface area contributed by atoms with Gasteiger partial charge in [0.05, 0.1) is 21.6 Å². The summed E-state index contributed by atoms with van der Waals surface area (Å²) in [5.74, 6) is 0.176. The number of pyridine rings is 1. The van der Waals surface area contributed by atoms with Crippen molar-refractivity contribution in [2.45, 2.75) is 0 Å². The van der Waals surface area contributed by atoms with Crippen LogP contribution in [0.2, 0.25) is 5.02 Å². The van der Waals surface area contributed by atoms with Crippen molar-refractivity contribution in [3.8, 4) is 0 Å². The van der Waals surface area contributed by atoms with Gasteiger partial charge in [-0.05, 0) is 18.2 Å². The van der Waals surface area contributed by atoms with Gasteiger partial charge in [-0.2, -0.15) is 0 Å². The van der Waals surface area contributed by atoms with Crippen LogP contribution in [0.3, 0.4) is 0 Å². The lowest BCUT2D eigenvalue weighted by atomic mass is 10.2. The van der Waals surface area contributed by atoms with E-state index in [9.17, 15) is 4.79 Å². The Morgan fingerprint density at radius 2 is 2.15 bits per heavy atom. The van der Waals surface area contributed by atoms with Gasteiger partial charge in [0.2, 0.25) is 5.95 Å². The molecule has 0 bridgehead atoms. The fraction of sp³-hybridized carbons (Fsp3) is 0. The van der Waals surface area contributed by atoms with Crippen molar-refractivity contribution in [3.63, 3.8) is 0 Å². The number of halogens is 1. The number of carbonyl (C=O) groups excluding carboxylic acids is 1. The summed E-state index contributed by atoms with van der Waals surface area (Å²) in [6.07, 6.45) is 1.34. The summed E-state index contributed by atoms with van der Waals surface area (Å²) in [6, 6.07) is 8.89. The van der Waals surface area contributed by atoms with E-state index in [2.05, 4.69) is 20.3 Å². The average molecular weight is 288 g/mol. The average Bonchev–Trinajstić information content (AvgIpc) is 2.83. The Labute approximate surface area is 119 Å². The number of nitrogens with zero attached hydrogens (tertiary/aromatic N) is 2. The van der Waals surface area contributed by atoms with Crippen LogP contribution in [0.4, 0.5) is 11.8 Å². The maximum Gasteiger partial charge on any atom is 0.259 e. The van der Waals surface area contributed by atoms with Crippen molar-refractivity contribution in [1.82, 2.24) is 15.0 Å². The molecule has 0 saturated heterocycles. The number of imidazole rings is 1. The summed E-state index contributed by atoms with van der Waals surface area (Å²) in [4.78, 5) is 23.2. The Bertz CT molecular complexity index is 765. The Morgan fingerprint density at radius 3 is 2.95 bits per heavy atom. The fourth-order valence-corrected chi connectivity index (χ4v) is 2.00. The number of hydrogen-bond acceptors (Lipinski definition) is 4. The highest BCUT2D eigenvalue weighted by atomic mass is 35.5. The second-order valence-corrected chi connectivity index (χ2v) is 4.55. The topological polar surface area (TPSA) is 96.7 Å². The third-order valence-corrected chi connectivity index (χ3v) is 3.04. The largest absolute Gasteiger partial charge is 0.384 e. The number of aromatic nitrogens is 3. The number of H-pyrrole nitrogens is 1. The van der Waals surface area contributed by atoms with Crippen molar-refractivity contribution in [2.24, 2.45) is 0 Å². The van der Waals surface area contributed by atoms with Gasteiger partial charge in [0.25, 0.3) is 5.91 Å². The Kier molecular flexibility index (Phi) is 3.00. The number of hydrogen-bond donors (Lipinski definition) is 3. The third kappa shape index (κ3) is 2.28. The third-order valence-electron chi connectivity index (χ3n) is 2.74. The normalized spacial score (nSPS) is 10.7. The number of nitrogens with two attached hydrogens (primary N) is 1. The second kappa shape index (κ2) is 4.82. The molecule has 20 heavy (non-hydrogen) atoms. The van der Waals surface area contributed by atoms with E-state index in [0.717, 1.165) is 11.0 Å². The molecule has 100 valence electrons. The Balaban J connectivity index is 1.90. The number of carbonyl (C=O) groups is 1. The number of amides is 1. The summed E-state index contributed by atoms with van der Waals surface area (Å²) >= 11 is 5.93. The maximum atomic E-state index is 12.1. The van der Waals surface area contributed by atoms with E-state index in [1.54, 1.807) is 0 Å². The summed E-state index contributed by atoms with van der Waals surface area (Å²) in [5.41, 5.74) is 7.40. The number of fused-ring (bicyclic) bond motifs is 1. The van der Waals surface area contributed by atoms with Crippen LogP contribution < -0.4 is 11.1 Å². The molecule has 6 nitrogen and oxygen atoms in total. The first-order chi connectivity index (χ1) is 9.63. The summed E-state index contributed by atoms with van der Waals surface area (Å²) in [6.45, 7) is 0. The molecule has 2 heterocycles. The Morgan fingerprint density at radius 1 is 1.35 bits per heavy atom. The molecule has 0 unspecified atom stereocenters. The zero-order valence-corrected chi connectivity index (χ0v) is 11.0. The van der Waals surface area contributed by atoms with Gasteiger partial charge in [0, 0.05) is 6.20 Å². The number of aromatic amines is 1. The maximum absolute atomic E-state index is 12.1. The van der Waals surface area contributed by atoms with E-state index in [4.69, 9.17) is 17.3 Å². The summed E-state index contributed by atoms with van der Waals surface area (Å²) < 4.78 is 0. The van der Waals surface area contributed by atoms with Gasteiger partial charge in [-0.15, -0.1) is 0 Å². The SMILES string of the molecule is Nc1cc(C(=O)Nc2nc3ccccc3[nH]2)c(Cl)cn1. The Hall–Kier alpha value is -2.60. The highest BCUT2D eigenvalue weighted by Crippen LogP contribution is 2.19. The molecular weight excluding hydrogens is 278 g/mol. The van der Waals surface area contributed by atoms with Gasteiger partial charge < -0.3 is 10.7 Å².